The molecule has 3 aliphatic rings. The minimum Gasteiger partial charge on any atom is -0.334 e. The van der Waals surface area contributed by atoms with Gasteiger partial charge in [-0.25, -0.2) is 19.6 Å². The Kier molecular flexibility index (Phi) is 6.58. The molecule has 2 heterocycles. The molecule has 8 nitrogen and oxygen atoms in total. The lowest BCUT2D eigenvalue weighted by atomic mass is 9.91. The zero-order valence-corrected chi connectivity index (χ0v) is 19.4. The number of hydrazine groups is 1. The van der Waals surface area contributed by atoms with E-state index in [-0.39, 0.29) is 29.9 Å². The number of urea groups is 2. The maximum absolute atomic E-state index is 13.5. The van der Waals surface area contributed by atoms with Crippen LogP contribution in [0.15, 0.2) is 30.3 Å². The van der Waals surface area contributed by atoms with Crippen LogP contribution in [-0.4, -0.2) is 69.6 Å². The smallest absolute Gasteiger partial charge is 0.334 e. The third-order valence-corrected chi connectivity index (χ3v) is 6.89. The number of rotatable bonds is 5. The number of fused-ring (bicyclic) bond motifs is 1. The summed E-state index contributed by atoms with van der Waals surface area (Å²) in [4.78, 5) is 43.6. The highest BCUT2D eigenvalue weighted by Gasteiger charge is 2.55. The van der Waals surface area contributed by atoms with Gasteiger partial charge in [0.1, 0.15) is 12.2 Å². The lowest BCUT2D eigenvalue weighted by Crippen LogP contribution is -2.66. The van der Waals surface area contributed by atoms with Gasteiger partial charge >= 0.3 is 12.1 Å². The van der Waals surface area contributed by atoms with Gasteiger partial charge in [-0.1, -0.05) is 63.4 Å². The third-order valence-electron chi connectivity index (χ3n) is 6.89. The van der Waals surface area contributed by atoms with E-state index >= 15 is 0 Å². The summed E-state index contributed by atoms with van der Waals surface area (Å²) in [6.07, 6.45) is 5.56. The summed E-state index contributed by atoms with van der Waals surface area (Å²) >= 11 is 0. The van der Waals surface area contributed by atoms with E-state index in [0.29, 0.717) is 19.5 Å². The van der Waals surface area contributed by atoms with Gasteiger partial charge in [0, 0.05) is 19.6 Å². The number of benzene rings is 1. The average Bonchev–Trinajstić information content (AvgIpc) is 3.05. The van der Waals surface area contributed by atoms with Crippen LogP contribution in [-0.2, 0) is 11.3 Å². The lowest BCUT2D eigenvalue weighted by Gasteiger charge is -2.47. The molecule has 8 heteroatoms. The molecule has 174 valence electrons. The summed E-state index contributed by atoms with van der Waals surface area (Å²) in [5.74, 6) is 0.296. The molecule has 1 aromatic rings. The Morgan fingerprint density at radius 2 is 1.78 bits per heavy atom. The third kappa shape index (κ3) is 4.27. The second-order valence-corrected chi connectivity index (χ2v) is 9.61. The molecule has 5 amide bonds. The maximum atomic E-state index is 13.5. The predicted molar refractivity (Wildman–Crippen MR) is 121 cm³/mol. The van der Waals surface area contributed by atoms with Crippen molar-refractivity contribution in [3.63, 3.8) is 0 Å². The normalized spacial score (nSPS) is 24.4. The molecule has 1 aromatic carbocycles. The van der Waals surface area contributed by atoms with Gasteiger partial charge < -0.3 is 10.2 Å². The van der Waals surface area contributed by atoms with E-state index in [4.69, 9.17) is 0 Å². The van der Waals surface area contributed by atoms with Crippen LogP contribution in [0.5, 0.6) is 0 Å². The van der Waals surface area contributed by atoms with Gasteiger partial charge in [-0.3, -0.25) is 9.69 Å². The van der Waals surface area contributed by atoms with Crippen LogP contribution in [0, 0.1) is 5.92 Å². The van der Waals surface area contributed by atoms with E-state index in [2.05, 4.69) is 19.2 Å². The number of nitrogens with zero attached hydrogens (tertiary/aromatic N) is 4. The fourth-order valence-corrected chi connectivity index (χ4v) is 5.30. The van der Waals surface area contributed by atoms with Crippen LogP contribution in [0.2, 0.25) is 0 Å². The summed E-state index contributed by atoms with van der Waals surface area (Å²) < 4.78 is 0. The van der Waals surface area contributed by atoms with Gasteiger partial charge in [-0.15, -0.1) is 0 Å². The fraction of sp³-hybridized carbons (Fsp3) is 0.625. The van der Waals surface area contributed by atoms with E-state index in [1.807, 2.05) is 35.2 Å². The van der Waals surface area contributed by atoms with Crippen LogP contribution in [0.25, 0.3) is 0 Å². The summed E-state index contributed by atoms with van der Waals surface area (Å²) in [6, 6.07) is 8.76. The first kappa shape index (κ1) is 22.4. The molecule has 0 unspecified atom stereocenters. The number of nitrogens with one attached hydrogen (secondary N) is 1. The minimum atomic E-state index is -0.530. The van der Waals surface area contributed by atoms with Gasteiger partial charge in [0.2, 0.25) is 5.91 Å². The Balaban J connectivity index is 1.58. The molecule has 2 saturated heterocycles. The number of carbonyl (C=O) groups is 3. The summed E-state index contributed by atoms with van der Waals surface area (Å²) in [5, 5.41) is 5.82. The highest BCUT2D eigenvalue weighted by molar-refractivity contribution is 5.92. The lowest BCUT2D eigenvalue weighted by molar-refractivity contribution is -0.149. The summed E-state index contributed by atoms with van der Waals surface area (Å²) in [6.45, 7) is 4.88. The first-order valence-electron chi connectivity index (χ1n) is 11.9. The molecule has 0 spiro atoms. The molecule has 32 heavy (non-hydrogen) atoms. The molecule has 1 saturated carbocycles. The topological polar surface area (TPSA) is 76.2 Å². The van der Waals surface area contributed by atoms with Gasteiger partial charge in [-0.2, -0.15) is 0 Å². The second-order valence-electron chi connectivity index (χ2n) is 9.61. The van der Waals surface area contributed by atoms with E-state index in [9.17, 15) is 14.4 Å². The highest BCUT2D eigenvalue weighted by Crippen LogP contribution is 2.34. The highest BCUT2D eigenvalue weighted by atomic mass is 16.2. The maximum Gasteiger partial charge on any atom is 0.341 e. The number of amides is 5. The zero-order chi connectivity index (χ0) is 22.8. The van der Waals surface area contributed by atoms with Crippen molar-refractivity contribution in [1.29, 1.82) is 0 Å². The van der Waals surface area contributed by atoms with Crippen molar-refractivity contribution in [2.75, 3.05) is 13.6 Å². The summed E-state index contributed by atoms with van der Waals surface area (Å²) in [7, 11) is 1.62. The molecule has 3 fully saturated rings. The molecule has 2 aliphatic heterocycles. The Hall–Kier alpha value is -2.77. The van der Waals surface area contributed by atoms with E-state index in [1.165, 1.54) is 16.4 Å². The first-order chi connectivity index (χ1) is 15.4. The molecule has 0 radical (unpaired) electrons. The molecule has 0 bridgehead atoms. The largest absolute Gasteiger partial charge is 0.341 e. The molecular weight excluding hydrogens is 406 g/mol. The quantitative estimate of drug-likeness (QED) is 0.761. The zero-order valence-electron chi connectivity index (χ0n) is 19.4. The average molecular weight is 442 g/mol. The van der Waals surface area contributed by atoms with Gasteiger partial charge in [0.05, 0.1) is 6.54 Å². The first-order valence-corrected chi connectivity index (χ1v) is 11.9. The van der Waals surface area contributed by atoms with Gasteiger partial charge in [0.15, 0.2) is 0 Å². The van der Waals surface area contributed by atoms with E-state index in [0.717, 1.165) is 31.2 Å². The van der Waals surface area contributed by atoms with Crippen LogP contribution in [0.4, 0.5) is 9.59 Å². The molecule has 1 aliphatic carbocycles. The van der Waals surface area contributed by atoms with Crippen molar-refractivity contribution in [2.24, 2.45) is 5.92 Å². The number of carbonyl (C=O) groups excluding carboxylic acids is 3. The minimum absolute atomic E-state index is 0.0372. The molecule has 0 aromatic heterocycles. The molecular formula is C24H35N5O3. The van der Waals surface area contributed by atoms with E-state index < -0.39 is 12.2 Å². The van der Waals surface area contributed by atoms with Crippen molar-refractivity contribution < 1.29 is 14.4 Å². The van der Waals surface area contributed by atoms with E-state index in [1.54, 1.807) is 11.9 Å². The van der Waals surface area contributed by atoms with Crippen LogP contribution in [0.1, 0.15) is 57.9 Å². The monoisotopic (exact) mass is 441 g/mol. The summed E-state index contributed by atoms with van der Waals surface area (Å²) in [5.41, 5.74) is 0.992. The van der Waals surface area contributed by atoms with Crippen LogP contribution >= 0.6 is 0 Å². The Labute approximate surface area is 190 Å². The molecule has 1 N–H and O–H groups in total. The predicted octanol–water partition coefficient (Wildman–Crippen LogP) is 3.40. The van der Waals surface area contributed by atoms with Crippen molar-refractivity contribution >= 4 is 18.0 Å². The second kappa shape index (κ2) is 9.38. The fourth-order valence-electron chi connectivity index (χ4n) is 5.30. The Bertz CT molecular complexity index is 839. The van der Waals surface area contributed by atoms with Crippen molar-refractivity contribution in [1.82, 2.24) is 25.1 Å². The standard InChI is InChI=1S/C24H35N5O3/c1-17(2)14-20-22(30)27(19-12-8-5-9-13-19)16-21-28(20)24(32)26(3)29(21)23(31)25-15-18-10-6-4-7-11-18/h4,6-7,10-11,17,19-21H,5,8-9,12-16H2,1-3H3,(H,25,31)/t20-,21-/m0/s1. The SMILES string of the molecule is CC(C)C[C@H]1C(=O)N(C2CCCCC2)C[C@H]2N1C(=O)N(C)N2C(=O)NCc1ccccc1. The van der Waals surface area contributed by atoms with Gasteiger partial charge in [-0.05, 0) is 30.7 Å². The number of hydrogen-bond donors (Lipinski definition) is 1. The Morgan fingerprint density at radius 3 is 2.44 bits per heavy atom. The van der Waals surface area contributed by atoms with Crippen LogP contribution < -0.4 is 5.32 Å². The molecule has 2 atom stereocenters. The van der Waals surface area contributed by atoms with Gasteiger partial charge in [0.25, 0.3) is 0 Å². The van der Waals surface area contributed by atoms with Crippen LogP contribution in [0.3, 0.4) is 0 Å². The van der Waals surface area contributed by atoms with Crippen molar-refractivity contribution in [3.05, 3.63) is 35.9 Å². The number of hydrogen-bond acceptors (Lipinski definition) is 3. The van der Waals surface area contributed by atoms with Crippen molar-refractivity contribution in [2.45, 2.75) is 77.2 Å². The number of piperazine rings is 1. The van der Waals surface area contributed by atoms with Crippen molar-refractivity contribution in [3.8, 4) is 0 Å². The molecule has 4 rings (SSSR count). The Morgan fingerprint density at radius 1 is 1.09 bits per heavy atom.